The standard InChI is InChI=1S/C14H19NO4/c1-3-4-14(17)19-10-9-18-13-7-5-12(6-8-13)15-11(2)16/h5-8H,3-4,9-10H2,1-2H3,(H,15,16). The number of rotatable bonds is 7. The molecule has 0 aliphatic heterocycles. The largest absolute Gasteiger partial charge is 0.490 e. The second-order valence-corrected chi connectivity index (χ2v) is 4.02. The van der Waals surface area contributed by atoms with Gasteiger partial charge in [0.1, 0.15) is 19.0 Å². The maximum atomic E-state index is 11.1. The smallest absolute Gasteiger partial charge is 0.305 e. The molecule has 0 saturated heterocycles. The van der Waals surface area contributed by atoms with Crippen molar-refractivity contribution in [1.82, 2.24) is 0 Å². The van der Waals surface area contributed by atoms with Gasteiger partial charge in [-0.05, 0) is 30.7 Å². The summed E-state index contributed by atoms with van der Waals surface area (Å²) < 4.78 is 10.4. The van der Waals surface area contributed by atoms with Crippen molar-refractivity contribution in [2.45, 2.75) is 26.7 Å². The van der Waals surface area contributed by atoms with Gasteiger partial charge in [0.2, 0.25) is 5.91 Å². The van der Waals surface area contributed by atoms with Gasteiger partial charge in [-0.1, -0.05) is 6.92 Å². The molecule has 0 aromatic heterocycles. The third kappa shape index (κ3) is 6.45. The Kier molecular flexibility index (Phi) is 6.43. The topological polar surface area (TPSA) is 64.6 Å². The predicted octanol–water partition coefficient (Wildman–Crippen LogP) is 2.37. The highest BCUT2D eigenvalue weighted by atomic mass is 16.6. The molecule has 0 atom stereocenters. The molecule has 1 N–H and O–H groups in total. The first-order valence-electron chi connectivity index (χ1n) is 6.28. The Morgan fingerprint density at radius 2 is 1.84 bits per heavy atom. The number of amides is 1. The average Bonchev–Trinajstić information content (AvgIpc) is 2.36. The fourth-order valence-corrected chi connectivity index (χ4v) is 1.43. The molecule has 1 aromatic carbocycles. The molecule has 0 radical (unpaired) electrons. The Hall–Kier alpha value is -2.04. The van der Waals surface area contributed by atoms with Crippen molar-refractivity contribution >= 4 is 17.6 Å². The van der Waals surface area contributed by atoms with E-state index in [2.05, 4.69) is 5.32 Å². The number of benzene rings is 1. The van der Waals surface area contributed by atoms with Gasteiger partial charge >= 0.3 is 5.97 Å². The molecule has 0 fully saturated rings. The van der Waals surface area contributed by atoms with Crippen molar-refractivity contribution in [3.8, 4) is 5.75 Å². The number of hydrogen-bond donors (Lipinski definition) is 1. The van der Waals surface area contributed by atoms with Gasteiger partial charge in [-0.15, -0.1) is 0 Å². The van der Waals surface area contributed by atoms with E-state index in [0.717, 1.165) is 6.42 Å². The molecule has 5 heteroatoms. The first-order valence-corrected chi connectivity index (χ1v) is 6.28. The maximum absolute atomic E-state index is 11.1. The van der Waals surface area contributed by atoms with Crippen LogP contribution in [-0.4, -0.2) is 25.1 Å². The van der Waals surface area contributed by atoms with Gasteiger partial charge in [0.25, 0.3) is 0 Å². The lowest BCUT2D eigenvalue weighted by atomic mass is 10.3. The third-order valence-corrected chi connectivity index (χ3v) is 2.24. The summed E-state index contributed by atoms with van der Waals surface area (Å²) in [4.78, 5) is 21.9. The number of anilines is 1. The van der Waals surface area contributed by atoms with Crippen LogP contribution in [0.5, 0.6) is 5.75 Å². The summed E-state index contributed by atoms with van der Waals surface area (Å²) in [5.74, 6) is 0.351. The fraction of sp³-hybridized carbons (Fsp3) is 0.429. The maximum Gasteiger partial charge on any atom is 0.305 e. The molecular weight excluding hydrogens is 246 g/mol. The Balaban J connectivity index is 2.26. The first kappa shape index (κ1) is 15.0. The van der Waals surface area contributed by atoms with Crippen molar-refractivity contribution in [2.24, 2.45) is 0 Å². The van der Waals surface area contributed by atoms with Gasteiger partial charge in [0.05, 0.1) is 0 Å². The summed E-state index contributed by atoms with van der Waals surface area (Å²) in [6, 6.07) is 7.00. The first-order chi connectivity index (χ1) is 9.11. The van der Waals surface area contributed by atoms with Crippen LogP contribution in [0.4, 0.5) is 5.69 Å². The van der Waals surface area contributed by atoms with Crippen LogP contribution in [0.3, 0.4) is 0 Å². The lowest BCUT2D eigenvalue weighted by Gasteiger charge is -2.08. The van der Waals surface area contributed by atoms with E-state index in [0.29, 0.717) is 24.5 Å². The van der Waals surface area contributed by atoms with Crippen LogP contribution < -0.4 is 10.1 Å². The lowest BCUT2D eigenvalue weighted by Crippen LogP contribution is -2.11. The number of carbonyl (C=O) groups is 2. The fourth-order valence-electron chi connectivity index (χ4n) is 1.43. The molecule has 19 heavy (non-hydrogen) atoms. The molecule has 1 rings (SSSR count). The second-order valence-electron chi connectivity index (χ2n) is 4.02. The van der Waals surface area contributed by atoms with Gasteiger partial charge in [0, 0.05) is 19.0 Å². The van der Waals surface area contributed by atoms with E-state index >= 15 is 0 Å². The summed E-state index contributed by atoms with van der Waals surface area (Å²) in [6.45, 7) is 3.94. The predicted molar refractivity (Wildman–Crippen MR) is 72.1 cm³/mol. The van der Waals surface area contributed by atoms with Crippen molar-refractivity contribution in [1.29, 1.82) is 0 Å². The SMILES string of the molecule is CCCC(=O)OCCOc1ccc(NC(C)=O)cc1. The van der Waals surface area contributed by atoms with E-state index in [1.807, 2.05) is 6.92 Å². The zero-order valence-corrected chi connectivity index (χ0v) is 11.3. The Morgan fingerprint density at radius 1 is 1.16 bits per heavy atom. The molecule has 1 amide bonds. The van der Waals surface area contributed by atoms with E-state index in [4.69, 9.17) is 9.47 Å². The van der Waals surface area contributed by atoms with E-state index in [1.54, 1.807) is 24.3 Å². The molecule has 0 saturated carbocycles. The van der Waals surface area contributed by atoms with Crippen LogP contribution in [0.2, 0.25) is 0 Å². The number of carbonyl (C=O) groups excluding carboxylic acids is 2. The van der Waals surface area contributed by atoms with Crippen LogP contribution in [0, 0.1) is 0 Å². The minimum Gasteiger partial charge on any atom is -0.490 e. The van der Waals surface area contributed by atoms with Gasteiger partial charge in [-0.3, -0.25) is 9.59 Å². The molecule has 0 spiro atoms. The van der Waals surface area contributed by atoms with Crippen LogP contribution in [0.1, 0.15) is 26.7 Å². The average molecular weight is 265 g/mol. The summed E-state index contributed by atoms with van der Waals surface area (Å²) in [5, 5.41) is 2.66. The number of hydrogen-bond acceptors (Lipinski definition) is 4. The van der Waals surface area contributed by atoms with E-state index < -0.39 is 0 Å². The Morgan fingerprint density at radius 3 is 2.42 bits per heavy atom. The molecular formula is C14H19NO4. The van der Waals surface area contributed by atoms with Gasteiger partial charge in [-0.2, -0.15) is 0 Å². The number of nitrogens with one attached hydrogen (secondary N) is 1. The molecule has 0 aliphatic carbocycles. The Bertz CT molecular complexity index is 414. The van der Waals surface area contributed by atoms with Gasteiger partial charge < -0.3 is 14.8 Å². The zero-order chi connectivity index (χ0) is 14.1. The molecule has 5 nitrogen and oxygen atoms in total. The molecule has 0 heterocycles. The third-order valence-electron chi connectivity index (χ3n) is 2.24. The molecule has 1 aromatic rings. The summed E-state index contributed by atoms with van der Waals surface area (Å²) >= 11 is 0. The summed E-state index contributed by atoms with van der Waals surface area (Å²) in [7, 11) is 0. The summed E-state index contributed by atoms with van der Waals surface area (Å²) in [6.07, 6.45) is 1.22. The Labute approximate surface area is 112 Å². The quantitative estimate of drug-likeness (QED) is 0.607. The van der Waals surface area contributed by atoms with Crippen molar-refractivity contribution in [2.75, 3.05) is 18.5 Å². The second kappa shape index (κ2) is 8.13. The van der Waals surface area contributed by atoms with Crippen LogP contribution >= 0.6 is 0 Å². The molecule has 0 aliphatic rings. The van der Waals surface area contributed by atoms with Crippen LogP contribution in [0.15, 0.2) is 24.3 Å². The van der Waals surface area contributed by atoms with E-state index in [9.17, 15) is 9.59 Å². The molecule has 0 unspecified atom stereocenters. The highest BCUT2D eigenvalue weighted by molar-refractivity contribution is 5.88. The highest BCUT2D eigenvalue weighted by Crippen LogP contribution is 2.15. The minimum atomic E-state index is -0.202. The van der Waals surface area contributed by atoms with Crippen molar-refractivity contribution in [3.05, 3.63) is 24.3 Å². The van der Waals surface area contributed by atoms with Gasteiger partial charge in [-0.25, -0.2) is 0 Å². The summed E-state index contributed by atoms with van der Waals surface area (Å²) in [5.41, 5.74) is 0.717. The number of ether oxygens (including phenoxy) is 2. The van der Waals surface area contributed by atoms with Crippen LogP contribution in [0.25, 0.3) is 0 Å². The minimum absolute atomic E-state index is 0.114. The van der Waals surface area contributed by atoms with Crippen molar-refractivity contribution in [3.63, 3.8) is 0 Å². The highest BCUT2D eigenvalue weighted by Gasteiger charge is 2.01. The lowest BCUT2D eigenvalue weighted by molar-refractivity contribution is -0.144. The molecule has 0 bridgehead atoms. The molecule has 104 valence electrons. The van der Waals surface area contributed by atoms with Crippen molar-refractivity contribution < 1.29 is 19.1 Å². The van der Waals surface area contributed by atoms with E-state index in [-0.39, 0.29) is 18.5 Å². The zero-order valence-electron chi connectivity index (χ0n) is 11.3. The van der Waals surface area contributed by atoms with E-state index in [1.165, 1.54) is 6.92 Å². The monoisotopic (exact) mass is 265 g/mol. The van der Waals surface area contributed by atoms with Crippen LogP contribution in [-0.2, 0) is 14.3 Å². The number of esters is 1. The van der Waals surface area contributed by atoms with Gasteiger partial charge in [0.15, 0.2) is 0 Å². The normalized spacial score (nSPS) is 9.79.